The van der Waals surface area contributed by atoms with Crippen LogP contribution in [0, 0.1) is 0 Å². The average Bonchev–Trinajstić information content (AvgIpc) is 3.80. The smallest absolute Gasteiger partial charge is 0.0754 e. The molecule has 0 unspecified atom stereocenters. The molecule has 1 aromatic heterocycles. The maximum Gasteiger partial charge on any atom is 0.0754 e. The predicted octanol–water partition coefficient (Wildman–Crippen LogP) is 15.3. The van der Waals surface area contributed by atoms with Gasteiger partial charge >= 0.3 is 0 Å². The highest BCUT2D eigenvalue weighted by Gasteiger charge is 2.51. The third-order valence-electron chi connectivity index (χ3n) is 12.2. The Balaban J connectivity index is 1.05. The van der Waals surface area contributed by atoms with Gasteiger partial charge in [0.25, 0.3) is 0 Å². The van der Waals surface area contributed by atoms with Crippen LogP contribution in [-0.4, -0.2) is 0 Å². The maximum absolute atomic E-state index is 2.49. The third kappa shape index (κ3) is 4.78. The zero-order valence-electron chi connectivity index (χ0n) is 31.6. The molecule has 10 aromatic rings. The molecule has 2 aliphatic rings. The molecule has 9 aromatic carbocycles. The van der Waals surface area contributed by atoms with E-state index in [0.29, 0.717) is 0 Å². The van der Waals surface area contributed by atoms with Gasteiger partial charge in [-0.1, -0.05) is 133 Å². The SMILES string of the molecule is c1ccc(N(c2ccccc2)c2ccc3sc4ccc(-c5ccc6c(c5)C5(c7ccccc7-6)c6ccccc6N(c6ccccc6)c6ccccc65)cc4c3c2)cc1. The van der Waals surface area contributed by atoms with Gasteiger partial charge in [-0.3, -0.25) is 0 Å². The summed E-state index contributed by atoms with van der Waals surface area (Å²) < 4.78 is 2.58. The van der Waals surface area contributed by atoms with E-state index in [9.17, 15) is 0 Å². The summed E-state index contributed by atoms with van der Waals surface area (Å²) >= 11 is 1.87. The van der Waals surface area contributed by atoms with E-state index in [4.69, 9.17) is 0 Å². The molecular formula is C55H36N2S. The molecule has 2 nitrogen and oxygen atoms in total. The Kier molecular flexibility index (Phi) is 7.35. The standard InChI is InChI=1S/C55H36N2S/c1-4-16-39(17-5-1)56(40-18-6-2-7-19-40)42-30-33-54-46(36-42)45-34-37(29-32-53(45)58-54)38-28-31-44-43-22-10-11-23-47(43)55(50(44)35-38)48-24-12-14-26-51(48)57(41-20-8-3-9-21-41)52-27-15-13-25-49(52)55/h1-36H. The van der Waals surface area contributed by atoms with Gasteiger partial charge in [0.1, 0.15) is 0 Å². The van der Waals surface area contributed by atoms with E-state index in [1.54, 1.807) is 0 Å². The van der Waals surface area contributed by atoms with Crippen LogP contribution in [0.4, 0.5) is 34.1 Å². The molecular weight excluding hydrogens is 721 g/mol. The van der Waals surface area contributed by atoms with Gasteiger partial charge in [0, 0.05) is 42.9 Å². The van der Waals surface area contributed by atoms with Gasteiger partial charge in [-0.2, -0.15) is 0 Å². The molecule has 272 valence electrons. The maximum atomic E-state index is 2.49. The molecule has 0 fully saturated rings. The molecule has 0 saturated carbocycles. The zero-order valence-corrected chi connectivity index (χ0v) is 32.4. The quantitative estimate of drug-likeness (QED) is 0.173. The fourth-order valence-electron chi connectivity index (χ4n) is 9.83. The van der Waals surface area contributed by atoms with Crippen molar-refractivity contribution in [1.29, 1.82) is 0 Å². The van der Waals surface area contributed by atoms with Gasteiger partial charge in [-0.25, -0.2) is 0 Å². The Hall–Kier alpha value is -7.20. The van der Waals surface area contributed by atoms with Crippen molar-refractivity contribution in [3.8, 4) is 22.3 Å². The van der Waals surface area contributed by atoms with Crippen LogP contribution in [0.5, 0.6) is 0 Å². The molecule has 58 heavy (non-hydrogen) atoms. The highest BCUT2D eigenvalue weighted by Crippen LogP contribution is 2.63. The summed E-state index contributed by atoms with van der Waals surface area (Å²) in [6.45, 7) is 0. The Morgan fingerprint density at radius 1 is 0.362 bits per heavy atom. The minimum Gasteiger partial charge on any atom is -0.310 e. The minimum absolute atomic E-state index is 0.493. The van der Waals surface area contributed by atoms with Crippen LogP contribution in [0.2, 0.25) is 0 Å². The normalized spacial score (nSPS) is 13.3. The number of benzene rings is 9. The second kappa shape index (κ2) is 12.9. The molecule has 1 aliphatic carbocycles. The van der Waals surface area contributed by atoms with Crippen molar-refractivity contribution in [1.82, 2.24) is 0 Å². The molecule has 1 aliphatic heterocycles. The molecule has 3 heteroatoms. The highest BCUT2D eigenvalue weighted by atomic mass is 32.1. The van der Waals surface area contributed by atoms with Crippen LogP contribution in [0.1, 0.15) is 22.3 Å². The van der Waals surface area contributed by atoms with Crippen LogP contribution in [0.25, 0.3) is 42.4 Å². The first-order valence-electron chi connectivity index (χ1n) is 19.9. The summed E-state index contributed by atoms with van der Waals surface area (Å²) in [6.07, 6.45) is 0. The van der Waals surface area contributed by atoms with Crippen molar-refractivity contribution in [2.75, 3.05) is 9.80 Å². The Bertz CT molecular complexity index is 3100. The monoisotopic (exact) mass is 756 g/mol. The van der Waals surface area contributed by atoms with E-state index >= 15 is 0 Å². The summed E-state index contributed by atoms with van der Waals surface area (Å²) in [5, 5.41) is 2.56. The van der Waals surface area contributed by atoms with Crippen LogP contribution in [0.3, 0.4) is 0 Å². The molecule has 0 amide bonds. The summed E-state index contributed by atoms with van der Waals surface area (Å²) in [6, 6.07) is 80.5. The number of rotatable bonds is 5. The second-order valence-electron chi connectivity index (χ2n) is 15.3. The van der Waals surface area contributed by atoms with E-state index in [0.717, 1.165) is 22.7 Å². The van der Waals surface area contributed by atoms with Crippen molar-refractivity contribution >= 4 is 65.6 Å². The van der Waals surface area contributed by atoms with Gasteiger partial charge in [0.05, 0.1) is 16.8 Å². The zero-order chi connectivity index (χ0) is 38.2. The number of nitrogens with zero attached hydrogens (tertiary/aromatic N) is 2. The van der Waals surface area contributed by atoms with Crippen LogP contribution >= 0.6 is 11.3 Å². The molecule has 0 N–H and O–H groups in total. The fourth-order valence-corrected chi connectivity index (χ4v) is 10.9. The Morgan fingerprint density at radius 2 is 0.862 bits per heavy atom. The van der Waals surface area contributed by atoms with Crippen LogP contribution in [-0.2, 0) is 5.41 Å². The fraction of sp³-hybridized carbons (Fsp3) is 0.0182. The lowest BCUT2D eigenvalue weighted by atomic mass is 9.64. The number of fused-ring (bicyclic) bond motifs is 12. The molecule has 0 atom stereocenters. The first-order chi connectivity index (χ1) is 28.8. The van der Waals surface area contributed by atoms with Crippen molar-refractivity contribution < 1.29 is 0 Å². The highest BCUT2D eigenvalue weighted by molar-refractivity contribution is 7.25. The van der Waals surface area contributed by atoms with Gasteiger partial charge in [-0.15, -0.1) is 11.3 Å². The van der Waals surface area contributed by atoms with E-state index in [1.807, 2.05) is 11.3 Å². The number of para-hydroxylation sites is 5. The number of hydrogen-bond acceptors (Lipinski definition) is 3. The molecule has 0 bridgehead atoms. The molecule has 2 heterocycles. The molecule has 12 rings (SSSR count). The van der Waals surface area contributed by atoms with E-state index in [-0.39, 0.29) is 0 Å². The van der Waals surface area contributed by atoms with E-state index < -0.39 is 5.41 Å². The van der Waals surface area contributed by atoms with Gasteiger partial charge in [0.2, 0.25) is 0 Å². The predicted molar refractivity (Wildman–Crippen MR) is 245 cm³/mol. The first kappa shape index (κ1) is 33.0. The number of hydrogen-bond donors (Lipinski definition) is 0. The van der Waals surface area contributed by atoms with Crippen molar-refractivity contribution in [2.45, 2.75) is 5.41 Å². The number of anilines is 6. The lowest BCUT2D eigenvalue weighted by Gasteiger charge is -2.45. The van der Waals surface area contributed by atoms with E-state index in [2.05, 4.69) is 228 Å². The van der Waals surface area contributed by atoms with Crippen LogP contribution in [0.15, 0.2) is 218 Å². The topological polar surface area (TPSA) is 6.48 Å². The third-order valence-corrected chi connectivity index (χ3v) is 13.4. The Labute approximate surface area is 342 Å². The summed E-state index contributed by atoms with van der Waals surface area (Å²) in [5.41, 5.74) is 16.8. The van der Waals surface area contributed by atoms with Crippen molar-refractivity contribution in [3.63, 3.8) is 0 Å². The number of thiophene rings is 1. The first-order valence-corrected chi connectivity index (χ1v) is 20.7. The van der Waals surface area contributed by atoms with Crippen molar-refractivity contribution in [2.24, 2.45) is 0 Å². The van der Waals surface area contributed by atoms with E-state index in [1.165, 1.54) is 76.1 Å². The summed E-state index contributed by atoms with van der Waals surface area (Å²) in [5.74, 6) is 0. The largest absolute Gasteiger partial charge is 0.310 e. The average molecular weight is 757 g/mol. The minimum atomic E-state index is -0.493. The Morgan fingerprint density at radius 3 is 1.53 bits per heavy atom. The van der Waals surface area contributed by atoms with Gasteiger partial charge in [0.15, 0.2) is 0 Å². The lowest BCUT2D eigenvalue weighted by molar-refractivity contribution is 0.753. The van der Waals surface area contributed by atoms with Crippen molar-refractivity contribution in [3.05, 3.63) is 241 Å². The summed E-state index contributed by atoms with van der Waals surface area (Å²) in [4.78, 5) is 4.80. The second-order valence-corrected chi connectivity index (χ2v) is 16.3. The lowest BCUT2D eigenvalue weighted by Crippen LogP contribution is -2.36. The molecule has 0 saturated heterocycles. The van der Waals surface area contributed by atoms with Gasteiger partial charge < -0.3 is 9.80 Å². The molecule has 1 spiro atoms. The molecule has 0 radical (unpaired) electrons. The van der Waals surface area contributed by atoms with Gasteiger partial charge in [-0.05, 0) is 129 Å². The van der Waals surface area contributed by atoms with Crippen LogP contribution < -0.4 is 9.80 Å². The summed E-state index contributed by atoms with van der Waals surface area (Å²) in [7, 11) is 0.